The molecule has 0 spiro atoms. The molecule has 2 N–H and O–H groups in total. The summed E-state index contributed by atoms with van der Waals surface area (Å²) >= 11 is 0. The van der Waals surface area contributed by atoms with E-state index >= 15 is 0 Å². The topological polar surface area (TPSA) is 108 Å². The van der Waals surface area contributed by atoms with Crippen LogP contribution in [0.4, 0.5) is 5.69 Å². The third kappa shape index (κ3) is 3.61. The summed E-state index contributed by atoms with van der Waals surface area (Å²) in [5, 5.41) is 14.0. The molecule has 2 rings (SSSR count). The van der Waals surface area contributed by atoms with Crippen molar-refractivity contribution in [1.82, 2.24) is 5.32 Å². The summed E-state index contributed by atoms with van der Waals surface area (Å²) < 4.78 is 5.04. The first-order valence-corrected chi connectivity index (χ1v) is 6.81. The number of carbonyl (C=O) groups is 3. The lowest BCUT2D eigenvalue weighted by Crippen LogP contribution is -2.39. The van der Waals surface area contributed by atoms with Gasteiger partial charge in [-0.15, -0.1) is 0 Å². The number of nitrogens with zero attached hydrogens (tertiary/aromatic N) is 1. The van der Waals surface area contributed by atoms with E-state index in [9.17, 15) is 14.4 Å². The second-order valence-electron chi connectivity index (χ2n) is 4.88. The second kappa shape index (κ2) is 6.72. The first-order chi connectivity index (χ1) is 10.5. The highest BCUT2D eigenvalue weighted by atomic mass is 16.5. The van der Waals surface area contributed by atoms with Crippen LogP contribution in [-0.2, 0) is 19.1 Å². The number of amides is 2. The monoisotopic (exact) mass is 301 g/mol. The van der Waals surface area contributed by atoms with Gasteiger partial charge >= 0.3 is 5.97 Å². The third-order valence-electron chi connectivity index (χ3n) is 3.25. The molecule has 0 aliphatic carbocycles. The van der Waals surface area contributed by atoms with Gasteiger partial charge in [0, 0.05) is 6.42 Å². The molecule has 1 fully saturated rings. The van der Waals surface area contributed by atoms with Crippen LogP contribution in [-0.4, -0.2) is 29.9 Å². The number of benzene rings is 1. The number of rotatable bonds is 4. The predicted molar refractivity (Wildman–Crippen MR) is 76.5 cm³/mol. The standard InChI is InChI=1S/C15H15N3O4/c1-9(22-15(21)12-6-7-13(19)17-12)14(20)18-11-5-3-2-4-10(11)8-16/h2-5,9,12H,6-7H2,1H3,(H,17,19)(H,18,20)/t9-,12+/m0/s1. The second-order valence-corrected chi connectivity index (χ2v) is 4.88. The van der Waals surface area contributed by atoms with Gasteiger partial charge in [-0.1, -0.05) is 12.1 Å². The summed E-state index contributed by atoms with van der Waals surface area (Å²) in [5.41, 5.74) is 0.671. The Bertz CT molecular complexity index is 650. The first-order valence-electron chi connectivity index (χ1n) is 6.81. The van der Waals surface area contributed by atoms with E-state index in [4.69, 9.17) is 10.00 Å². The van der Waals surface area contributed by atoms with Crippen LogP contribution in [0.5, 0.6) is 0 Å². The molecule has 7 heteroatoms. The number of para-hydroxylation sites is 1. The Morgan fingerprint density at radius 2 is 2.18 bits per heavy atom. The number of esters is 1. The number of ether oxygens (including phenoxy) is 1. The van der Waals surface area contributed by atoms with Crippen molar-refractivity contribution < 1.29 is 19.1 Å². The summed E-state index contributed by atoms with van der Waals surface area (Å²) in [6.45, 7) is 1.43. The highest BCUT2D eigenvalue weighted by Gasteiger charge is 2.30. The molecule has 0 unspecified atom stereocenters. The molecule has 1 heterocycles. The van der Waals surface area contributed by atoms with Crippen LogP contribution in [0.2, 0.25) is 0 Å². The van der Waals surface area contributed by atoms with E-state index in [0.717, 1.165) is 0 Å². The fourth-order valence-corrected chi connectivity index (χ4v) is 2.02. The molecule has 2 atom stereocenters. The molecule has 2 amide bonds. The summed E-state index contributed by atoms with van der Waals surface area (Å²) in [6, 6.07) is 7.78. The Morgan fingerprint density at radius 3 is 2.82 bits per heavy atom. The van der Waals surface area contributed by atoms with Gasteiger partial charge in [0.2, 0.25) is 5.91 Å². The van der Waals surface area contributed by atoms with Crippen LogP contribution in [0.3, 0.4) is 0 Å². The highest BCUT2D eigenvalue weighted by Crippen LogP contribution is 2.15. The number of hydrogen-bond donors (Lipinski definition) is 2. The van der Waals surface area contributed by atoms with Crippen molar-refractivity contribution in [2.24, 2.45) is 0 Å². The van der Waals surface area contributed by atoms with Gasteiger partial charge in [0.15, 0.2) is 6.10 Å². The Morgan fingerprint density at radius 1 is 1.45 bits per heavy atom. The maximum Gasteiger partial charge on any atom is 0.329 e. The van der Waals surface area contributed by atoms with Crippen molar-refractivity contribution in [3.8, 4) is 6.07 Å². The molecule has 1 saturated heterocycles. The fourth-order valence-electron chi connectivity index (χ4n) is 2.02. The van der Waals surface area contributed by atoms with E-state index < -0.39 is 24.0 Å². The zero-order valence-electron chi connectivity index (χ0n) is 12.0. The van der Waals surface area contributed by atoms with Gasteiger partial charge in [0.05, 0.1) is 11.3 Å². The number of carbonyl (C=O) groups excluding carboxylic acids is 3. The van der Waals surface area contributed by atoms with Crippen molar-refractivity contribution in [2.45, 2.75) is 31.9 Å². The molecule has 0 bridgehead atoms. The van der Waals surface area contributed by atoms with Gasteiger partial charge in [-0.3, -0.25) is 9.59 Å². The number of hydrogen-bond acceptors (Lipinski definition) is 5. The molecule has 0 aromatic heterocycles. The fraction of sp³-hybridized carbons (Fsp3) is 0.333. The average molecular weight is 301 g/mol. The normalized spacial score (nSPS) is 18.0. The zero-order valence-corrected chi connectivity index (χ0v) is 12.0. The van der Waals surface area contributed by atoms with Crippen LogP contribution in [0.15, 0.2) is 24.3 Å². The van der Waals surface area contributed by atoms with E-state index in [1.165, 1.54) is 6.92 Å². The molecule has 1 aliphatic rings. The van der Waals surface area contributed by atoms with Crippen molar-refractivity contribution in [2.75, 3.05) is 5.32 Å². The molecule has 1 aliphatic heterocycles. The molecule has 114 valence electrons. The van der Waals surface area contributed by atoms with E-state index in [1.54, 1.807) is 24.3 Å². The maximum atomic E-state index is 12.0. The molecular formula is C15H15N3O4. The number of nitrogens with one attached hydrogen (secondary N) is 2. The van der Waals surface area contributed by atoms with E-state index in [2.05, 4.69) is 10.6 Å². The predicted octanol–water partition coefficient (Wildman–Crippen LogP) is 0.707. The Labute approximate surface area is 127 Å². The van der Waals surface area contributed by atoms with Crippen LogP contribution < -0.4 is 10.6 Å². The van der Waals surface area contributed by atoms with Crippen LogP contribution in [0.25, 0.3) is 0 Å². The average Bonchev–Trinajstić information content (AvgIpc) is 2.94. The smallest absolute Gasteiger partial charge is 0.329 e. The summed E-state index contributed by atoms with van der Waals surface area (Å²) in [5.74, 6) is -1.38. The number of anilines is 1. The van der Waals surface area contributed by atoms with Crippen molar-refractivity contribution in [3.63, 3.8) is 0 Å². The van der Waals surface area contributed by atoms with Crippen LogP contribution in [0.1, 0.15) is 25.3 Å². The molecule has 22 heavy (non-hydrogen) atoms. The Balaban J connectivity index is 1.93. The van der Waals surface area contributed by atoms with Gasteiger partial charge < -0.3 is 15.4 Å². The quantitative estimate of drug-likeness (QED) is 0.796. The lowest BCUT2D eigenvalue weighted by molar-refractivity contribution is -0.155. The number of nitriles is 1. The minimum Gasteiger partial charge on any atom is -0.451 e. The lowest BCUT2D eigenvalue weighted by atomic mass is 10.2. The minimum atomic E-state index is -1.03. The lowest BCUT2D eigenvalue weighted by Gasteiger charge is -2.16. The summed E-state index contributed by atoms with van der Waals surface area (Å²) in [4.78, 5) is 34.9. The molecular weight excluding hydrogens is 286 g/mol. The van der Waals surface area contributed by atoms with Crippen LogP contribution in [0, 0.1) is 11.3 Å². The molecule has 0 radical (unpaired) electrons. The zero-order chi connectivity index (χ0) is 16.1. The largest absolute Gasteiger partial charge is 0.451 e. The van der Waals surface area contributed by atoms with Crippen molar-refractivity contribution in [1.29, 1.82) is 5.26 Å². The minimum absolute atomic E-state index is 0.206. The van der Waals surface area contributed by atoms with E-state index in [0.29, 0.717) is 17.7 Å². The Hall–Kier alpha value is -2.88. The highest BCUT2D eigenvalue weighted by molar-refractivity contribution is 5.97. The van der Waals surface area contributed by atoms with Crippen molar-refractivity contribution >= 4 is 23.5 Å². The van der Waals surface area contributed by atoms with Gasteiger partial charge in [0.25, 0.3) is 5.91 Å². The SMILES string of the molecule is C[C@H](OC(=O)[C@H]1CCC(=O)N1)C(=O)Nc1ccccc1C#N. The summed E-state index contributed by atoms with van der Waals surface area (Å²) in [7, 11) is 0. The first kappa shape index (κ1) is 15.5. The Kier molecular flexibility index (Phi) is 4.73. The van der Waals surface area contributed by atoms with Crippen LogP contribution >= 0.6 is 0 Å². The van der Waals surface area contributed by atoms with E-state index in [-0.39, 0.29) is 12.3 Å². The van der Waals surface area contributed by atoms with Crippen molar-refractivity contribution in [3.05, 3.63) is 29.8 Å². The van der Waals surface area contributed by atoms with Gasteiger partial charge in [-0.25, -0.2) is 4.79 Å². The van der Waals surface area contributed by atoms with E-state index in [1.807, 2.05) is 6.07 Å². The maximum absolute atomic E-state index is 12.0. The molecule has 0 saturated carbocycles. The molecule has 7 nitrogen and oxygen atoms in total. The van der Waals surface area contributed by atoms with Gasteiger partial charge in [0.1, 0.15) is 12.1 Å². The third-order valence-corrected chi connectivity index (χ3v) is 3.25. The summed E-state index contributed by atoms with van der Waals surface area (Å²) in [6.07, 6.45) is -0.393. The molecule has 1 aromatic rings. The van der Waals surface area contributed by atoms with Gasteiger partial charge in [-0.05, 0) is 25.5 Å². The van der Waals surface area contributed by atoms with Gasteiger partial charge in [-0.2, -0.15) is 5.26 Å². The molecule has 1 aromatic carbocycles.